The summed E-state index contributed by atoms with van der Waals surface area (Å²) < 4.78 is 7.55. The summed E-state index contributed by atoms with van der Waals surface area (Å²) in [7, 11) is 0. The van der Waals surface area contributed by atoms with E-state index in [2.05, 4.69) is 12.2 Å². The van der Waals surface area contributed by atoms with E-state index in [1.165, 1.54) is 0 Å². The molecule has 3 rings (SSSR count). The first-order chi connectivity index (χ1) is 14.0. The fourth-order valence-electron chi connectivity index (χ4n) is 3.55. The molecule has 0 radical (unpaired) electrons. The minimum absolute atomic E-state index is 0.224. The highest BCUT2D eigenvalue weighted by atomic mass is 16.3. The van der Waals surface area contributed by atoms with Crippen LogP contribution in [-0.4, -0.2) is 10.5 Å². The Morgan fingerprint density at radius 2 is 1.90 bits per heavy atom. The molecule has 1 amide bonds. The van der Waals surface area contributed by atoms with Gasteiger partial charge in [-0.15, -0.1) is 0 Å². The Kier molecular flexibility index (Phi) is 6.70. The largest absolute Gasteiger partial charge is 0.467 e. The van der Waals surface area contributed by atoms with Gasteiger partial charge in [0.1, 0.15) is 11.3 Å². The van der Waals surface area contributed by atoms with Gasteiger partial charge in [0.15, 0.2) is 5.43 Å². The maximum atomic E-state index is 13.2. The number of benzene rings is 1. The van der Waals surface area contributed by atoms with Crippen LogP contribution < -0.4 is 10.7 Å². The number of carbonyl (C=O) groups is 1. The molecule has 152 valence electrons. The van der Waals surface area contributed by atoms with Crippen molar-refractivity contribution in [2.75, 3.05) is 5.32 Å². The number of nitrogens with one attached hydrogen (secondary N) is 1. The number of aromatic nitrogens is 1. The highest BCUT2D eigenvalue weighted by Gasteiger charge is 2.21. The average molecular weight is 392 g/mol. The number of aryl methyl sites for hydroxylation is 2. The molecule has 2 heterocycles. The number of furan rings is 1. The van der Waals surface area contributed by atoms with Crippen LogP contribution in [0, 0.1) is 13.8 Å². The van der Waals surface area contributed by atoms with Gasteiger partial charge in [0.25, 0.3) is 5.91 Å². The van der Waals surface area contributed by atoms with E-state index >= 15 is 0 Å². The highest BCUT2D eigenvalue weighted by Crippen LogP contribution is 2.19. The van der Waals surface area contributed by atoms with Crippen LogP contribution in [0.4, 0.5) is 5.69 Å². The van der Waals surface area contributed by atoms with E-state index in [0.29, 0.717) is 13.0 Å². The lowest BCUT2D eigenvalue weighted by Gasteiger charge is -2.20. The number of nitrogens with zero attached hydrogens (tertiary/aromatic N) is 1. The first kappa shape index (κ1) is 20.6. The third-order valence-electron chi connectivity index (χ3n) is 5.16. The van der Waals surface area contributed by atoms with Gasteiger partial charge in [-0.05, 0) is 50.5 Å². The molecule has 1 aromatic carbocycles. The summed E-state index contributed by atoms with van der Waals surface area (Å²) in [6, 6.07) is 12.9. The SMILES string of the molecule is CCCCCc1c(C(=O)Nc2ccccc2C)c(=O)cc(C)n1Cc1ccco1. The van der Waals surface area contributed by atoms with Gasteiger partial charge in [-0.3, -0.25) is 9.59 Å². The number of pyridine rings is 1. The van der Waals surface area contributed by atoms with Crippen molar-refractivity contribution in [1.29, 1.82) is 0 Å². The molecule has 1 N–H and O–H groups in total. The Bertz CT molecular complexity index is 1030. The van der Waals surface area contributed by atoms with Gasteiger partial charge in [-0.1, -0.05) is 38.0 Å². The lowest BCUT2D eigenvalue weighted by Crippen LogP contribution is -2.28. The van der Waals surface area contributed by atoms with Crippen LogP contribution in [-0.2, 0) is 13.0 Å². The van der Waals surface area contributed by atoms with E-state index in [-0.39, 0.29) is 16.9 Å². The van der Waals surface area contributed by atoms with E-state index in [4.69, 9.17) is 4.42 Å². The quantitative estimate of drug-likeness (QED) is 0.543. The van der Waals surface area contributed by atoms with Crippen molar-refractivity contribution in [2.24, 2.45) is 0 Å². The topological polar surface area (TPSA) is 64.2 Å². The number of carbonyl (C=O) groups excluding carboxylic acids is 1. The molecule has 5 heteroatoms. The summed E-state index contributed by atoms with van der Waals surface area (Å²) in [6.07, 6.45) is 5.33. The summed E-state index contributed by atoms with van der Waals surface area (Å²) in [6.45, 7) is 6.46. The fourth-order valence-corrected chi connectivity index (χ4v) is 3.55. The Hall–Kier alpha value is -3.08. The van der Waals surface area contributed by atoms with Crippen LogP contribution in [0.25, 0.3) is 0 Å². The smallest absolute Gasteiger partial charge is 0.261 e. The number of hydrogen-bond acceptors (Lipinski definition) is 3. The monoisotopic (exact) mass is 392 g/mol. The van der Waals surface area contributed by atoms with Gasteiger partial charge in [0.2, 0.25) is 0 Å². The molecule has 3 aromatic rings. The van der Waals surface area contributed by atoms with E-state index in [0.717, 1.165) is 47.7 Å². The minimum atomic E-state index is -0.357. The number of hydrogen-bond donors (Lipinski definition) is 1. The average Bonchev–Trinajstić information content (AvgIpc) is 3.19. The highest BCUT2D eigenvalue weighted by molar-refractivity contribution is 6.05. The third kappa shape index (κ3) is 4.86. The van der Waals surface area contributed by atoms with Gasteiger partial charge >= 0.3 is 0 Å². The van der Waals surface area contributed by atoms with Gasteiger partial charge < -0.3 is 14.3 Å². The maximum Gasteiger partial charge on any atom is 0.261 e. The van der Waals surface area contributed by atoms with Gasteiger partial charge in [-0.2, -0.15) is 0 Å². The van der Waals surface area contributed by atoms with Crippen LogP contribution in [0.5, 0.6) is 0 Å². The Morgan fingerprint density at radius 3 is 2.59 bits per heavy atom. The van der Waals surface area contributed by atoms with Crippen LogP contribution in [0.3, 0.4) is 0 Å². The molecule has 0 fully saturated rings. The van der Waals surface area contributed by atoms with Crippen LogP contribution in [0.2, 0.25) is 0 Å². The predicted octanol–water partition coefficient (Wildman–Crippen LogP) is 5.09. The standard InChI is InChI=1S/C24H28N2O3/c1-4-5-6-13-21-23(24(28)25-20-12-8-7-10-17(20)2)22(27)15-18(3)26(21)16-19-11-9-14-29-19/h7-12,14-15H,4-6,13,16H2,1-3H3,(H,25,28). The minimum Gasteiger partial charge on any atom is -0.467 e. The number of amides is 1. The first-order valence-corrected chi connectivity index (χ1v) is 10.1. The van der Waals surface area contributed by atoms with Crippen molar-refractivity contribution in [3.8, 4) is 0 Å². The molecule has 0 aliphatic heterocycles. The molecule has 5 nitrogen and oxygen atoms in total. The van der Waals surface area contributed by atoms with Crippen LogP contribution in [0.15, 0.2) is 57.9 Å². The Balaban J connectivity index is 2.04. The van der Waals surface area contributed by atoms with E-state index in [1.54, 1.807) is 12.3 Å². The van der Waals surface area contributed by atoms with Gasteiger partial charge in [0.05, 0.1) is 12.8 Å². The zero-order valence-electron chi connectivity index (χ0n) is 17.3. The van der Waals surface area contributed by atoms with Crippen LogP contribution in [0.1, 0.15) is 59.3 Å². The van der Waals surface area contributed by atoms with E-state index in [9.17, 15) is 9.59 Å². The summed E-state index contributed by atoms with van der Waals surface area (Å²) in [5, 5.41) is 2.93. The molecule has 0 spiro atoms. The maximum absolute atomic E-state index is 13.2. The Morgan fingerprint density at radius 1 is 1.10 bits per heavy atom. The van der Waals surface area contributed by atoms with E-state index < -0.39 is 0 Å². The lowest BCUT2D eigenvalue weighted by atomic mass is 10.0. The van der Waals surface area contributed by atoms with Crippen molar-refractivity contribution >= 4 is 11.6 Å². The van der Waals surface area contributed by atoms with E-state index in [1.807, 2.05) is 54.8 Å². The normalized spacial score (nSPS) is 10.9. The second-order valence-corrected chi connectivity index (χ2v) is 7.36. The first-order valence-electron chi connectivity index (χ1n) is 10.1. The predicted molar refractivity (Wildman–Crippen MR) is 116 cm³/mol. The second-order valence-electron chi connectivity index (χ2n) is 7.36. The molecule has 0 aliphatic rings. The number of rotatable bonds is 8. The molecule has 0 saturated carbocycles. The second kappa shape index (κ2) is 9.41. The molecule has 29 heavy (non-hydrogen) atoms. The molecule has 0 aliphatic carbocycles. The summed E-state index contributed by atoms with van der Waals surface area (Å²) in [5.74, 6) is 0.433. The van der Waals surface area contributed by atoms with Crippen molar-refractivity contribution in [3.63, 3.8) is 0 Å². The Labute approximate surface area is 171 Å². The van der Waals surface area contributed by atoms with Crippen LogP contribution >= 0.6 is 0 Å². The summed E-state index contributed by atoms with van der Waals surface area (Å²) >= 11 is 0. The van der Waals surface area contributed by atoms with Crippen molar-refractivity contribution in [1.82, 2.24) is 4.57 Å². The number of para-hydroxylation sites is 1. The molecule has 0 bridgehead atoms. The van der Waals surface area contributed by atoms with Gasteiger partial charge in [-0.25, -0.2) is 0 Å². The molecule has 0 atom stereocenters. The lowest BCUT2D eigenvalue weighted by molar-refractivity contribution is 0.102. The molecule has 0 saturated heterocycles. The fraction of sp³-hybridized carbons (Fsp3) is 0.333. The molecular formula is C24H28N2O3. The molecular weight excluding hydrogens is 364 g/mol. The number of unbranched alkanes of at least 4 members (excludes halogenated alkanes) is 2. The molecule has 0 unspecified atom stereocenters. The summed E-state index contributed by atoms with van der Waals surface area (Å²) in [4.78, 5) is 26.0. The van der Waals surface area contributed by atoms with Gasteiger partial charge in [0, 0.05) is 23.1 Å². The molecule has 2 aromatic heterocycles. The van der Waals surface area contributed by atoms with Crippen molar-refractivity contribution in [3.05, 3.63) is 87.2 Å². The zero-order chi connectivity index (χ0) is 20.8. The summed E-state index contributed by atoms with van der Waals surface area (Å²) in [5.41, 5.74) is 3.25. The van der Waals surface area contributed by atoms with Crippen molar-refractivity contribution in [2.45, 2.75) is 53.0 Å². The van der Waals surface area contributed by atoms with Crippen molar-refractivity contribution < 1.29 is 9.21 Å². The zero-order valence-corrected chi connectivity index (χ0v) is 17.3. The number of anilines is 1. The third-order valence-corrected chi connectivity index (χ3v) is 5.16.